The van der Waals surface area contributed by atoms with Gasteiger partial charge in [0.2, 0.25) is 0 Å². The van der Waals surface area contributed by atoms with Crippen LogP contribution in [0.25, 0.3) is 0 Å². The lowest BCUT2D eigenvalue weighted by molar-refractivity contribution is -0.0662. The van der Waals surface area contributed by atoms with Crippen molar-refractivity contribution in [1.82, 2.24) is 5.32 Å². The first-order valence-corrected chi connectivity index (χ1v) is 8.61. The van der Waals surface area contributed by atoms with Crippen LogP contribution in [0.5, 0.6) is 0 Å². The fourth-order valence-electron chi connectivity index (χ4n) is 3.41. The van der Waals surface area contributed by atoms with Gasteiger partial charge in [0.15, 0.2) is 0 Å². The highest BCUT2D eigenvalue weighted by molar-refractivity contribution is 4.83. The van der Waals surface area contributed by atoms with Crippen molar-refractivity contribution in [2.45, 2.75) is 83.1 Å². The molecule has 0 aromatic carbocycles. The summed E-state index contributed by atoms with van der Waals surface area (Å²) in [6, 6.07) is 0.443. The molecule has 0 bridgehead atoms. The first-order chi connectivity index (χ1) is 9.94. The SMILES string of the molecule is CC1CCC(OCC(O)CNC2CCOC(C)(C)C2)CC1. The van der Waals surface area contributed by atoms with E-state index >= 15 is 0 Å². The lowest BCUT2D eigenvalue weighted by Gasteiger charge is -2.36. The van der Waals surface area contributed by atoms with E-state index < -0.39 is 6.10 Å². The molecule has 21 heavy (non-hydrogen) atoms. The zero-order valence-electron chi connectivity index (χ0n) is 13.9. The second-order valence-electron chi connectivity index (χ2n) is 7.58. The number of nitrogens with one attached hydrogen (secondary N) is 1. The van der Waals surface area contributed by atoms with Gasteiger partial charge in [-0.15, -0.1) is 0 Å². The fraction of sp³-hybridized carbons (Fsp3) is 1.00. The maximum absolute atomic E-state index is 10.1. The zero-order chi connectivity index (χ0) is 15.3. The molecular weight excluding hydrogens is 266 g/mol. The van der Waals surface area contributed by atoms with Crippen LogP contribution < -0.4 is 5.32 Å². The van der Waals surface area contributed by atoms with Crippen LogP contribution in [0, 0.1) is 5.92 Å². The molecule has 2 aliphatic rings. The first-order valence-electron chi connectivity index (χ1n) is 8.61. The summed E-state index contributed by atoms with van der Waals surface area (Å²) in [5, 5.41) is 13.5. The second kappa shape index (κ2) is 7.91. The summed E-state index contributed by atoms with van der Waals surface area (Å²) >= 11 is 0. The molecule has 0 radical (unpaired) electrons. The van der Waals surface area contributed by atoms with E-state index in [1.807, 2.05) is 0 Å². The van der Waals surface area contributed by atoms with Crippen molar-refractivity contribution in [3.05, 3.63) is 0 Å². The number of hydrogen-bond acceptors (Lipinski definition) is 4. The van der Waals surface area contributed by atoms with Gasteiger partial charge in [0, 0.05) is 19.2 Å². The number of hydrogen-bond donors (Lipinski definition) is 2. The van der Waals surface area contributed by atoms with Gasteiger partial charge in [0.1, 0.15) is 0 Å². The Kier molecular flexibility index (Phi) is 6.48. The topological polar surface area (TPSA) is 50.7 Å². The van der Waals surface area contributed by atoms with Gasteiger partial charge in [0.25, 0.3) is 0 Å². The molecule has 1 aliphatic heterocycles. The Morgan fingerprint density at radius 2 is 1.95 bits per heavy atom. The van der Waals surface area contributed by atoms with Crippen LogP contribution in [0.3, 0.4) is 0 Å². The van der Waals surface area contributed by atoms with E-state index in [1.54, 1.807) is 0 Å². The van der Waals surface area contributed by atoms with Crippen molar-refractivity contribution in [3.63, 3.8) is 0 Å². The maximum atomic E-state index is 10.1. The predicted octanol–water partition coefficient (Wildman–Crippen LogP) is 2.49. The summed E-state index contributed by atoms with van der Waals surface area (Å²) in [5.74, 6) is 0.841. The van der Waals surface area contributed by atoms with E-state index in [2.05, 4.69) is 26.1 Å². The van der Waals surface area contributed by atoms with Crippen molar-refractivity contribution in [2.75, 3.05) is 19.8 Å². The van der Waals surface area contributed by atoms with Crippen LogP contribution in [0.4, 0.5) is 0 Å². The molecule has 2 unspecified atom stereocenters. The van der Waals surface area contributed by atoms with Crippen LogP contribution in [0.1, 0.15) is 59.3 Å². The lowest BCUT2D eigenvalue weighted by atomic mass is 9.89. The standard InChI is InChI=1S/C17H33NO3/c1-13-4-6-16(7-5-13)20-12-15(19)11-18-14-8-9-21-17(2,3)10-14/h13-16,18-19H,4-12H2,1-3H3. The Morgan fingerprint density at radius 3 is 2.62 bits per heavy atom. The number of rotatable bonds is 6. The average molecular weight is 299 g/mol. The molecule has 2 rings (SSSR count). The molecule has 1 aliphatic carbocycles. The van der Waals surface area contributed by atoms with E-state index in [1.165, 1.54) is 12.8 Å². The van der Waals surface area contributed by atoms with Crippen molar-refractivity contribution < 1.29 is 14.6 Å². The minimum atomic E-state index is -0.407. The van der Waals surface area contributed by atoms with Crippen LogP contribution >= 0.6 is 0 Å². The van der Waals surface area contributed by atoms with Crippen molar-refractivity contribution in [3.8, 4) is 0 Å². The summed E-state index contributed by atoms with van der Waals surface area (Å²) in [6.07, 6.45) is 6.80. The molecule has 2 atom stereocenters. The Hall–Kier alpha value is -0.160. The maximum Gasteiger partial charge on any atom is 0.0897 e. The average Bonchev–Trinajstić information content (AvgIpc) is 2.43. The summed E-state index contributed by atoms with van der Waals surface area (Å²) in [5.41, 5.74) is -0.0455. The van der Waals surface area contributed by atoms with E-state index in [0.29, 0.717) is 25.3 Å². The molecule has 124 valence electrons. The highest BCUT2D eigenvalue weighted by atomic mass is 16.5. The van der Waals surface area contributed by atoms with E-state index in [4.69, 9.17) is 9.47 Å². The molecule has 1 heterocycles. The van der Waals surface area contributed by atoms with Crippen LogP contribution in [0.15, 0.2) is 0 Å². The fourth-order valence-corrected chi connectivity index (χ4v) is 3.41. The summed E-state index contributed by atoms with van der Waals surface area (Å²) in [6.45, 7) is 8.44. The Labute approximate surface area is 129 Å². The van der Waals surface area contributed by atoms with Gasteiger partial charge in [-0.3, -0.25) is 0 Å². The van der Waals surface area contributed by atoms with Gasteiger partial charge in [0.05, 0.1) is 24.4 Å². The Bertz CT molecular complexity index is 300. The van der Waals surface area contributed by atoms with Crippen molar-refractivity contribution in [1.29, 1.82) is 0 Å². The lowest BCUT2D eigenvalue weighted by Crippen LogP contribution is -2.46. The summed E-state index contributed by atoms with van der Waals surface area (Å²) in [7, 11) is 0. The van der Waals surface area contributed by atoms with Crippen LogP contribution in [0.2, 0.25) is 0 Å². The zero-order valence-corrected chi connectivity index (χ0v) is 13.9. The summed E-state index contributed by atoms with van der Waals surface area (Å²) in [4.78, 5) is 0. The number of ether oxygens (including phenoxy) is 2. The van der Waals surface area contributed by atoms with Crippen molar-refractivity contribution in [2.24, 2.45) is 5.92 Å². The molecule has 2 fully saturated rings. The highest BCUT2D eigenvalue weighted by Crippen LogP contribution is 2.26. The number of aliphatic hydroxyl groups is 1. The second-order valence-corrected chi connectivity index (χ2v) is 7.58. The van der Waals surface area contributed by atoms with Gasteiger partial charge in [-0.05, 0) is 58.3 Å². The van der Waals surface area contributed by atoms with E-state index in [9.17, 15) is 5.11 Å². The van der Waals surface area contributed by atoms with E-state index in [-0.39, 0.29) is 5.60 Å². The van der Waals surface area contributed by atoms with Gasteiger partial charge in [-0.25, -0.2) is 0 Å². The molecule has 0 aromatic rings. The Balaban J connectivity index is 1.58. The van der Waals surface area contributed by atoms with Gasteiger partial charge < -0.3 is 19.9 Å². The molecular formula is C17H33NO3. The monoisotopic (exact) mass is 299 g/mol. The molecule has 0 aromatic heterocycles. The van der Waals surface area contributed by atoms with Gasteiger partial charge in [-0.2, -0.15) is 0 Å². The molecule has 2 N–H and O–H groups in total. The van der Waals surface area contributed by atoms with Gasteiger partial charge >= 0.3 is 0 Å². The van der Waals surface area contributed by atoms with Crippen LogP contribution in [-0.2, 0) is 9.47 Å². The third-order valence-corrected chi connectivity index (χ3v) is 4.83. The molecule has 4 heteroatoms. The summed E-state index contributed by atoms with van der Waals surface area (Å²) < 4.78 is 11.6. The third kappa shape index (κ3) is 6.23. The molecule has 1 saturated heterocycles. The van der Waals surface area contributed by atoms with Gasteiger partial charge in [-0.1, -0.05) is 6.92 Å². The normalized spacial score (nSPS) is 34.6. The van der Waals surface area contributed by atoms with Crippen LogP contribution in [-0.4, -0.2) is 48.7 Å². The number of aliphatic hydroxyl groups excluding tert-OH is 1. The predicted molar refractivity (Wildman–Crippen MR) is 84.4 cm³/mol. The minimum Gasteiger partial charge on any atom is -0.389 e. The quantitative estimate of drug-likeness (QED) is 0.791. The first kappa shape index (κ1) is 17.2. The third-order valence-electron chi connectivity index (χ3n) is 4.83. The molecule has 1 saturated carbocycles. The smallest absolute Gasteiger partial charge is 0.0897 e. The molecule has 0 amide bonds. The minimum absolute atomic E-state index is 0.0455. The molecule has 0 spiro atoms. The van der Waals surface area contributed by atoms with E-state index in [0.717, 1.165) is 38.2 Å². The van der Waals surface area contributed by atoms with Crippen molar-refractivity contribution >= 4 is 0 Å². The highest BCUT2D eigenvalue weighted by Gasteiger charge is 2.28. The Morgan fingerprint density at radius 1 is 1.24 bits per heavy atom. The largest absolute Gasteiger partial charge is 0.389 e. The molecule has 4 nitrogen and oxygen atoms in total.